The molecule has 0 aliphatic rings. The summed E-state index contributed by atoms with van der Waals surface area (Å²) in [6.07, 6.45) is 2.90. The maximum absolute atomic E-state index is 14.0. The van der Waals surface area contributed by atoms with Crippen LogP contribution < -0.4 is 9.62 Å². The largest absolute Gasteiger partial charge is 0.354 e. The van der Waals surface area contributed by atoms with Crippen LogP contribution in [0.25, 0.3) is 0 Å². The van der Waals surface area contributed by atoms with Gasteiger partial charge in [0.25, 0.3) is 0 Å². The lowest BCUT2D eigenvalue weighted by molar-refractivity contribution is -0.140. The molecule has 0 saturated heterocycles. The second kappa shape index (κ2) is 13.7. The van der Waals surface area contributed by atoms with Gasteiger partial charge < -0.3 is 10.2 Å². The van der Waals surface area contributed by atoms with Crippen molar-refractivity contribution in [3.63, 3.8) is 0 Å². The number of nitrogens with one attached hydrogen (secondary N) is 1. The molecule has 0 aliphatic heterocycles. The Morgan fingerprint density at radius 3 is 2.13 bits per heavy atom. The van der Waals surface area contributed by atoms with Gasteiger partial charge in [0.1, 0.15) is 18.4 Å². The first-order valence-electron chi connectivity index (χ1n) is 12.6. The third-order valence-corrected chi connectivity index (χ3v) is 7.21. The fourth-order valence-electron chi connectivity index (χ4n) is 4.09. The highest BCUT2D eigenvalue weighted by Crippen LogP contribution is 2.21. The maximum atomic E-state index is 14.0. The number of anilines is 1. The summed E-state index contributed by atoms with van der Waals surface area (Å²) in [6, 6.07) is 22.7. The summed E-state index contributed by atoms with van der Waals surface area (Å²) < 4.78 is 40.2. The Morgan fingerprint density at radius 1 is 0.921 bits per heavy atom. The van der Waals surface area contributed by atoms with Gasteiger partial charge in [-0.15, -0.1) is 0 Å². The van der Waals surface area contributed by atoms with Crippen LogP contribution in [0.1, 0.15) is 30.9 Å². The molecule has 0 fully saturated rings. The third-order valence-electron chi connectivity index (χ3n) is 6.07. The van der Waals surface area contributed by atoms with E-state index in [0.717, 1.165) is 40.6 Å². The number of unbranched alkanes of at least 4 members (excludes halogenated alkanes) is 1. The van der Waals surface area contributed by atoms with E-state index in [1.807, 2.05) is 67.6 Å². The molecule has 2 amide bonds. The Hall–Kier alpha value is -3.72. The normalized spacial score (nSPS) is 12.0. The van der Waals surface area contributed by atoms with Crippen LogP contribution in [-0.2, 0) is 32.6 Å². The van der Waals surface area contributed by atoms with Crippen LogP contribution in [0.5, 0.6) is 0 Å². The van der Waals surface area contributed by atoms with Gasteiger partial charge >= 0.3 is 0 Å². The molecule has 0 heterocycles. The van der Waals surface area contributed by atoms with Crippen LogP contribution in [0.15, 0.2) is 84.9 Å². The average Bonchev–Trinajstić information content (AvgIpc) is 2.89. The first-order chi connectivity index (χ1) is 18.2. The van der Waals surface area contributed by atoms with Crippen molar-refractivity contribution in [2.24, 2.45) is 0 Å². The number of benzene rings is 3. The zero-order valence-corrected chi connectivity index (χ0v) is 22.5. The molecule has 0 bridgehead atoms. The van der Waals surface area contributed by atoms with E-state index in [0.29, 0.717) is 6.54 Å². The van der Waals surface area contributed by atoms with E-state index < -0.39 is 34.3 Å². The summed E-state index contributed by atoms with van der Waals surface area (Å²) >= 11 is 0. The van der Waals surface area contributed by atoms with Gasteiger partial charge in [-0.2, -0.15) is 0 Å². The molecule has 202 valence electrons. The number of amides is 2. The monoisotopic (exact) mass is 539 g/mol. The van der Waals surface area contributed by atoms with Gasteiger partial charge in [0, 0.05) is 19.5 Å². The van der Waals surface area contributed by atoms with Crippen LogP contribution >= 0.6 is 0 Å². The number of halogens is 1. The van der Waals surface area contributed by atoms with Gasteiger partial charge in [-0.25, -0.2) is 12.8 Å². The predicted octanol–water partition coefficient (Wildman–Crippen LogP) is 4.15. The molecule has 3 aromatic rings. The zero-order chi connectivity index (χ0) is 27.5. The second-order valence-electron chi connectivity index (χ2n) is 9.11. The van der Waals surface area contributed by atoms with Crippen molar-refractivity contribution in [2.75, 3.05) is 23.7 Å². The summed E-state index contributed by atoms with van der Waals surface area (Å²) in [5.41, 5.74) is 1.68. The van der Waals surface area contributed by atoms with E-state index in [1.165, 1.54) is 23.1 Å². The van der Waals surface area contributed by atoms with Crippen molar-refractivity contribution in [1.82, 2.24) is 10.2 Å². The molecular formula is C29H34FN3O4S. The fourth-order valence-corrected chi connectivity index (χ4v) is 4.93. The topological polar surface area (TPSA) is 86.8 Å². The van der Waals surface area contributed by atoms with Gasteiger partial charge in [0.2, 0.25) is 21.8 Å². The van der Waals surface area contributed by atoms with Crippen molar-refractivity contribution in [3.8, 4) is 0 Å². The van der Waals surface area contributed by atoms with Crippen molar-refractivity contribution in [1.29, 1.82) is 0 Å². The molecule has 0 unspecified atom stereocenters. The van der Waals surface area contributed by atoms with Crippen molar-refractivity contribution in [2.45, 2.75) is 38.8 Å². The van der Waals surface area contributed by atoms with Gasteiger partial charge in [-0.05, 0) is 35.7 Å². The molecular weight excluding hydrogens is 505 g/mol. The molecule has 38 heavy (non-hydrogen) atoms. The standard InChI is InChI=1S/C29H34FN3O4S/c1-3-4-18-31-29(35)27(19-23-12-7-5-8-13-23)32(21-24-14-9-6-10-15-24)28(34)22-33(38(2,36)37)26-17-11-16-25(30)20-26/h5-17,20,27H,3-4,18-19,21-22H2,1-2H3,(H,31,35)/t27-/m1/s1. The summed E-state index contributed by atoms with van der Waals surface area (Å²) in [7, 11) is -3.94. The molecule has 0 aliphatic carbocycles. The molecule has 0 saturated carbocycles. The smallest absolute Gasteiger partial charge is 0.244 e. The van der Waals surface area contributed by atoms with Gasteiger partial charge in [0.05, 0.1) is 11.9 Å². The Morgan fingerprint density at radius 2 is 1.55 bits per heavy atom. The molecule has 0 radical (unpaired) electrons. The number of sulfonamides is 1. The summed E-state index contributed by atoms with van der Waals surface area (Å²) in [4.78, 5) is 28.8. The second-order valence-corrected chi connectivity index (χ2v) is 11.0. The van der Waals surface area contributed by atoms with Crippen LogP contribution in [-0.4, -0.2) is 50.5 Å². The summed E-state index contributed by atoms with van der Waals surface area (Å²) in [5.74, 6) is -1.51. The summed E-state index contributed by atoms with van der Waals surface area (Å²) in [5, 5.41) is 2.93. The quantitative estimate of drug-likeness (QED) is 0.331. The van der Waals surface area contributed by atoms with Crippen LogP contribution in [0.4, 0.5) is 10.1 Å². The minimum Gasteiger partial charge on any atom is -0.354 e. The number of hydrogen-bond donors (Lipinski definition) is 1. The number of hydrogen-bond acceptors (Lipinski definition) is 4. The van der Waals surface area contributed by atoms with E-state index in [9.17, 15) is 22.4 Å². The molecule has 0 aromatic heterocycles. The number of nitrogens with zero attached hydrogens (tertiary/aromatic N) is 2. The van der Waals surface area contributed by atoms with Gasteiger partial charge in [0.15, 0.2) is 0 Å². The minimum atomic E-state index is -3.94. The van der Waals surface area contributed by atoms with Crippen molar-refractivity contribution >= 4 is 27.5 Å². The van der Waals surface area contributed by atoms with E-state index >= 15 is 0 Å². The van der Waals surface area contributed by atoms with Crippen molar-refractivity contribution < 1.29 is 22.4 Å². The van der Waals surface area contributed by atoms with E-state index in [4.69, 9.17) is 0 Å². The van der Waals surface area contributed by atoms with Crippen molar-refractivity contribution in [3.05, 3.63) is 102 Å². The molecule has 3 rings (SSSR count). The maximum Gasteiger partial charge on any atom is 0.244 e. The molecule has 7 nitrogen and oxygen atoms in total. The lowest BCUT2D eigenvalue weighted by Crippen LogP contribution is -2.53. The average molecular weight is 540 g/mol. The number of carbonyl (C=O) groups is 2. The number of carbonyl (C=O) groups excluding carboxylic acids is 2. The van der Waals surface area contributed by atoms with Crippen LogP contribution in [0, 0.1) is 5.82 Å². The summed E-state index contributed by atoms with van der Waals surface area (Å²) in [6.45, 7) is 2.00. The molecule has 1 atom stereocenters. The fraction of sp³-hybridized carbons (Fsp3) is 0.310. The first-order valence-corrected chi connectivity index (χ1v) is 14.4. The van der Waals surface area contributed by atoms with E-state index in [2.05, 4.69) is 5.32 Å². The Labute approximate surface area is 224 Å². The Balaban J connectivity index is 2.01. The van der Waals surface area contributed by atoms with Crippen LogP contribution in [0.3, 0.4) is 0 Å². The molecule has 1 N–H and O–H groups in total. The van der Waals surface area contributed by atoms with Gasteiger partial charge in [-0.3, -0.25) is 13.9 Å². The lowest BCUT2D eigenvalue weighted by atomic mass is 10.0. The SMILES string of the molecule is CCCCNC(=O)[C@@H](Cc1ccccc1)N(Cc1ccccc1)C(=O)CN(c1cccc(F)c1)S(C)(=O)=O. The minimum absolute atomic E-state index is 0.0347. The molecule has 0 spiro atoms. The number of rotatable bonds is 13. The van der Waals surface area contributed by atoms with Crippen LogP contribution in [0.2, 0.25) is 0 Å². The molecule has 9 heteroatoms. The Kier molecular flexibility index (Phi) is 10.4. The predicted molar refractivity (Wildman–Crippen MR) is 147 cm³/mol. The van der Waals surface area contributed by atoms with Gasteiger partial charge in [-0.1, -0.05) is 80.1 Å². The first kappa shape index (κ1) is 28.8. The van der Waals surface area contributed by atoms with E-state index in [1.54, 1.807) is 0 Å². The zero-order valence-electron chi connectivity index (χ0n) is 21.7. The third kappa shape index (κ3) is 8.41. The highest BCUT2D eigenvalue weighted by molar-refractivity contribution is 7.92. The van der Waals surface area contributed by atoms with E-state index in [-0.39, 0.29) is 24.6 Å². The lowest BCUT2D eigenvalue weighted by Gasteiger charge is -2.33. The molecule has 3 aromatic carbocycles. The Bertz CT molecular complexity index is 1300. The highest BCUT2D eigenvalue weighted by Gasteiger charge is 2.33. The highest BCUT2D eigenvalue weighted by atomic mass is 32.2.